The number of thioether (sulfide) groups is 1. The highest BCUT2D eigenvalue weighted by atomic mass is 32.2. The van der Waals surface area contributed by atoms with Crippen molar-refractivity contribution in [1.82, 2.24) is 5.32 Å². The third-order valence-corrected chi connectivity index (χ3v) is 3.95. The summed E-state index contributed by atoms with van der Waals surface area (Å²) >= 11 is 1.57. The fraction of sp³-hybridized carbons (Fsp3) is 0.471. The molecule has 5 nitrogen and oxygen atoms in total. The van der Waals surface area contributed by atoms with Gasteiger partial charge in [-0.15, -0.1) is 0 Å². The Hall–Kier alpha value is -1.82. The van der Waals surface area contributed by atoms with Crippen LogP contribution in [-0.2, 0) is 20.8 Å². The van der Waals surface area contributed by atoms with Gasteiger partial charge < -0.3 is 15.2 Å². The number of aldehydes is 1. The number of phenolic OH excluding ortho intramolecular Hbond substituents is 1. The van der Waals surface area contributed by atoms with Gasteiger partial charge in [0.15, 0.2) is 5.78 Å². The lowest BCUT2D eigenvalue weighted by molar-refractivity contribution is -0.125. The highest BCUT2D eigenvalue weighted by molar-refractivity contribution is 7.99. The first-order chi connectivity index (χ1) is 10.9. The second-order valence-electron chi connectivity index (χ2n) is 4.89. The van der Waals surface area contributed by atoms with Crippen molar-refractivity contribution in [2.24, 2.45) is 0 Å². The molecule has 0 spiro atoms. The number of nitrogens with one attached hydrogen (secondary N) is 1. The Morgan fingerprint density at radius 1 is 1.30 bits per heavy atom. The highest BCUT2D eigenvalue weighted by Gasteiger charge is 2.17. The molecule has 1 amide bonds. The van der Waals surface area contributed by atoms with E-state index >= 15 is 0 Å². The Kier molecular flexibility index (Phi) is 11.7. The first-order valence-electron chi connectivity index (χ1n) is 7.49. The third kappa shape index (κ3) is 10.5. The van der Waals surface area contributed by atoms with Crippen molar-refractivity contribution >= 4 is 29.7 Å². The molecule has 23 heavy (non-hydrogen) atoms. The van der Waals surface area contributed by atoms with Crippen LogP contribution in [0.5, 0.6) is 5.75 Å². The summed E-state index contributed by atoms with van der Waals surface area (Å²) in [7, 11) is 0. The van der Waals surface area contributed by atoms with Crippen molar-refractivity contribution in [3.63, 3.8) is 0 Å². The van der Waals surface area contributed by atoms with Crippen molar-refractivity contribution < 1.29 is 19.5 Å². The topological polar surface area (TPSA) is 83.5 Å². The molecule has 128 valence electrons. The molecule has 0 aliphatic heterocycles. The van der Waals surface area contributed by atoms with E-state index in [9.17, 15) is 14.7 Å². The minimum absolute atomic E-state index is 0.0630. The van der Waals surface area contributed by atoms with E-state index in [2.05, 4.69) is 12.2 Å². The van der Waals surface area contributed by atoms with Crippen LogP contribution in [0.25, 0.3) is 0 Å². The molecular weight excluding hydrogens is 314 g/mol. The first kappa shape index (κ1) is 21.2. The predicted molar refractivity (Wildman–Crippen MR) is 93.8 cm³/mol. The Balaban J connectivity index is 0.00000149. The van der Waals surface area contributed by atoms with Crippen LogP contribution in [0.3, 0.4) is 0 Å². The van der Waals surface area contributed by atoms with Gasteiger partial charge >= 0.3 is 0 Å². The Morgan fingerprint density at radius 3 is 2.35 bits per heavy atom. The van der Waals surface area contributed by atoms with Gasteiger partial charge in [-0.2, -0.15) is 11.8 Å². The quantitative estimate of drug-likeness (QED) is 0.561. The van der Waals surface area contributed by atoms with Crippen LogP contribution in [0.15, 0.2) is 24.3 Å². The zero-order valence-electron chi connectivity index (χ0n) is 13.9. The molecule has 1 aromatic rings. The SMILES string of the molecule is CC=O.CCCSCC(=O)N[C@@H](Cc1ccc(O)cc1)C(C)=O. The first-order valence-corrected chi connectivity index (χ1v) is 8.65. The molecule has 0 heterocycles. The smallest absolute Gasteiger partial charge is 0.230 e. The van der Waals surface area contributed by atoms with Crippen molar-refractivity contribution in [2.75, 3.05) is 11.5 Å². The maximum absolute atomic E-state index is 11.8. The van der Waals surface area contributed by atoms with Gasteiger partial charge in [-0.1, -0.05) is 19.1 Å². The molecule has 1 atom stereocenters. The van der Waals surface area contributed by atoms with Crippen LogP contribution < -0.4 is 5.32 Å². The fourth-order valence-electron chi connectivity index (χ4n) is 1.71. The van der Waals surface area contributed by atoms with E-state index in [0.717, 1.165) is 24.0 Å². The van der Waals surface area contributed by atoms with E-state index in [-0.39, 0.29) is 17.4 Å². The largest absolute Gasteiger partial charge is 0.508 e. The molecule has 1 rings (SSSR count). The van der Waals surface area contributed by atoms with Crippen molar-refractivity contribution in [2.45, 2.75) is 39.7 Å². The number of aromatic hydroxyl groups is 1. The standard InChI is InChI=1S/C15H21NO3S.C2H4O/c1-3-8-20-10-15(19)16-14(11(2)17)9-12-4-6-13(18)7-5-12;1-2-3/h4-7,14,18H,3,8-10H2,1-2H3,(H,16,19);2H,1H3/t14-;/m0./s1. The second kappa shape index (κ2) is 12.7. The number of Topliss-reactive ketones (excluding diaryl/α,β-unsaturated/α-hetero) is 1. The normalized spacial score (nSPS) is 10.9. The Labute approximate surface area is 141 Å². The second-order valence-corrected chi connectivity index (χ2v) is 5.99. The van der Waals surface area contributed by atoms with Crippen LogP contribution in [-0.4, -0.2) is 40.6 Å². The molecule has 0 fully saturated rings. The molecule has 0 saturated heterocycles. The summed E-state index contributed by atoms with van der Waals surface area (Å²) in [6.07, 6.45) is 2.22. The number of carbonyl (C=O) groups excluding carboxylic acids is 3. The van der Waals surface area contributed by atoms with Crippen LogP contribution in [0.1, 0.15) is 32.8 Å². The summed E-state index contributed by atoms with van der Waals surface area (Å²) in [5, 5.41) is 12.0. The molecule has 0 aromatic heterocycles. The molecule has 1 aromatic carbocycles. The minimum Gasteiger partial charge on any atom is -0.508 e. The van der Waals surface area contributed by atoms with Crippen LogP contribution >= 0.6 is 11.8 Å². The summed E-state index contributed by atoms with van der Waals surface area (Å²) in [6.45, 7) is 4.98. The Bertz CT molecular complexity index is 488. The van der Waals surface area contributed by atoms with Crippen LogP contribution in [0, 0.1) is 0 Å². The minimum atomic E-state index is -0.505. The number of rotatable bonds is 8. The average Bonchev–Trinajstić information content (AvgIpc) is 2.50. The van der Waals surface area contributed by atoms with Crippen molar-refractivity contribution in [1.29, 1.82) is 0 Å². The molecule has 6 heteroatoms. The fourth-order valence-corrected chi connectivity index (χ4v) is 2.41. The van der Waals surface area contributed by atoms with Gasteiger partial charge in [0.25, 0.3) is 0 Å². The molecule has 2 N–H and O–H groups in total. The van der Waals surface area contributed by atoms with E-state index in [0.29, 0.717) is 12.2 Å². The van der Waals surface area contributed by atoms with Gasteiger partial charge in [0.1, 0.15) is 12.0 Å². The van der Waals surface area contributed by atoms with E-state index in [1.807, 2.05) is 0 Å². The number of carbonyl (C=O) groups is 3. The molecule has 0 radical (unpaired) electrons. The van der Waals surface area contributed by atoms with Crippen molar-refractivity contribution in [3.05, 3.63) is 29.8 Å². The molecule has 0 saturated carbocycles. The van der Waals surface area contributed by atoms with E-state index in [4.69, 9.17) is 4.79 Å². The Morgan fingerprint density at radius 2 is 1.87 bits per heavy atom. The van der Waals surface area contributed by atoms with E-state index in [1.54, 1.807) is 36.0 Å². The highest BCUT2D eigenvalue weighted by Crippen LogP contribution is 2.12. The van der Waals surface area contributed by atoms with Crippen molar-refractivity contribution in [3.8, 4) is 5.75 Å². The summed E-state index contributed by atoms with van der Waals surface area (Å²) in [6, 6.07) is 6.15. The van der Waals surface area contributed by atoms with Gasteiger partial charge in [-0.05, 0) is 50.1 Å². The lowest BCUT2D eigenvalue weighted by atomic mass is 10.0. The maximum Gasteiger partial charge on any atom is 0.230 e. The van der Waals surface area contributed by atoms with Gasteiger partial charge in [0.05, 0.1) is 11.8 Å². The summed E-state index contributed by atoms with van der Waals surface area (Å²) < 4.78 is 0. The van der Waals surface area contributed by atoms with Crippen LogP contribution in [0.2, 0.25) is 0 Å². The molecule has 0 aliphatic carbocycles. The monoisotopic (exact) mass is 339 g/mol. The number of phenols is 1. The lowest BCUT2D eigenvalue weighted by Gasteiger charge is -2.16. The summed E-state index contributed by atoms with van der Waals surface area (Å²) in [5.41, 5.74) is 0.907. The molecule has 0 aliphatic rings. The number of ketones is 1. The van der Waals surface area contributed by atoms with Gasteiger partial charge in [-0.25, -0.2) is 0 Å². The zero-order valence-corrected chi connectivity index (χ0v) is 14.7. The van der Waals surface area contributed by atoms with Crippen LogP contribution in [0.4, 0.5) is 0 Å². The lowest BCUT2D eigenvalue weighted by Crippen LogP contribution is -2.42. The average molecular weight is 339 g/mol. The van der Waals surface area contributed by atoms with E-state index in [1.165, 1.54) is 13.8 Å². The third-order valence-electron chi connectivity index (χ3n) is 2.78. The van der Waals surface area contributed by atoms with Gasteiger partial charge in [-0.3, -0.25) is 9.59 Å². The predicted octanol–water partition coefficient (Wildman–Crippen LogP) is 2.36. The van der Waals surface area contributed by atoms with Gasteiger partial charge in [0.2, 0.25) is 5.91 Å². The van der Waals surface area contributed by atoms with E-state index < -0.39 is 6.04 Å². The summed E-state index contributed by atoms with van der Waals surface area (Å²) in [4.78, 5) is 32.2. The number of hydrogen-bond donors (Lipinski definition) is 2. The zero-order chi connectivity index (χ0) is 17.7. The number of amides is 1. The molecule has 0 bridgehead atoms. The number of hydrogen-bond acceptors (Lipinski definition) is 5. The molecule has 0 unspecified atom stereocenters. The molecular formula is C17H25NO4S. The summed E-state index contributed by atoms with van der Waals surface area (Å²) in [5.74, 6) is 1.34. The number of benzene rings is 1. The maximum atomic E-state index is 11.8. The van der Waals surface area contributed by atoms with Gasteiger partial charge in [0, 0.05) is 0 Å².